The first-order chi connectivity index (χ1) is 9.34. The molecule has 0 spiro atoms. The number of rotatable bonds is 6. The Morgan fingerprint density at radius 2 is 1.57 bits per heavy atom. The third kappa shape index (κ3) is 8.32. The molecular formula is C15H28N2O4. The number of hydrogen-bond donors (Lipinski definition) is 3. The number of amides is 2. The molecule has 0 aromatic rings. The van der Waals surface area contributed by atoms with Crippen LogP contribution in [0.5, 0.6) is 0 Å². The topological polar surface area (TPSA) is 95.5 Å². The lowest BCUT2D eigenvalue weighted by atomic mass is 9.84. The summed E-state index contributed by atoms with van der Waals surface area (Å²) in [6.45, 7) is 11.3. The zero-order valence-corrected chi connectivity index (χ0v) is 13.9. The van der Waals surface area contributed by atoms with Gasteiger partial charge in [0.05, 0.1) is 6.42 Å². The van der Waals surface area contributed by atoms with Crippen LogP contribution in [0.3, 0.4) is 0 Å². The zero-order chi connectivity index (χ0) is 16.8. The Morgan fingerprint density at radius 3 is 1.95 bits per heavy atom. The van der Waals surface area contributed by atoms with Crippen molar-refractivity contribution in [3.05, 3.63) is 0 Å². The Labute approximate surface area is 126 Å². The van der Waals surface area contributed by atoms with Crippen molar-refractivity contribution in [2.45, 2.75) is 60.4 Å². The van der Waals surface area contributed by atoms with Crippen LogP contribution < -0.4 is 10.6 Å². The molecule has 1 unspecified atom stereocenters. The number of hydrogen-bond acceptors (Lipinski definition) is 3. The average molecular weight is 300 g/mol. The first-order valence-electron chi connectivity index (χ1n) is 7.13. The molecule has 0 rings (SSSR count). The zero-order valence-electron chi connectivity index (χ0n) is 13.9. The summed E-state index contributed by atoms with van der Waals surface area (Å²) < 4.78 is 0. The lowest BCUT2D eigenvalue weighted by Gasteiger charge is -2.30. The second-order valence-electron chi connectivity index (χ2n) is 7.34. The number of aliphatic carboxylic acids is 1. The molecule has 3 N–H and O–H groups in total. The second-order valence-corrected chi connectivity index (χ2v) is 7.34. The molecule has 0 heterocycles. The van der Waals surface area contributed by atoms with E-state index < -0.39 is 17.4 Å². The van der Waals surface area contributed by atoms with E-state index in [0.29, 0.717) is 0 Å². The normalized spacial score (nSPS) is 13.4. The lowest BCUT2D eigenvalue weighted by Crippen LogP contribution is -2.46. The third-order valence-electron chi connectivity index (χ3n) is 3.08. The number of carboxylic acid groups (broad SMARTS) is 1. The van der Waals surface area contributed by atoms with E-state index in [4.69, 9.17) is 5.11 Å². The molecule has 122 valence electrons. The second kappa shape index (κ2) is 7.43. The molecule has 0 saturated carbocycles. The smallest absolute Gasteiger partial charge is 0.305 e. The van der Waals surface area contributed by atoms with Crippen LogP contribution in [-0.2, 0) is 14.4 Å². The number of carbonyl (C=O) groups is 3. The van der Waals surface area contributed by atoms with Crippen molar-refractivity contribution in [3.8, 4) is 0 Å². The van der Waals surface area contributed by atoms with Gasteiger partial charge in [-0.05, 0) is 5.41 Å². The Morgan fingerprint density at radius 1 is 1.05 bits per heavy atom. The van der Waals surface area contributed by atoms with Crippen LogP contribution in [0.1, 0.15) is 54.4 Å². The number of carboxylic acids is 1. The van der Waals surface area contributed by atoms with Gasteiger partial charge < -0.3 is 15.7 Å². The van der Waals surface area contributed by atoms with Crippen LogP contribution in [0.25, 0.3) is 0 Å². The standard InChI is InChI=1S/C15H28N2O4/c1-14(2,3)10(9-12(19)20)17-11(18)7-8-16-13(21)15(4,5)6/h10H,7-9H2,1-6H3,(H,16,21)(H,17,18)(H,19,20). The van der Waals surface area contributed by atoms with Gasteiger partial charge in [-0.1, -0.05) is 41.5 Å². The van der Waals surface area contributed by atoms with Crippen molar-refractivity contribution in [2.75, 3.05) is 6.54 Å². The number of nitrogens with one attached hydrogen (secondary N) is 2. The molecule has 0 aliphatic carbocycles. The van der Waals surface area contributed by atoms with Crippen LogP contribution in [-0.4, -0.2) is 35.5 Å². The van der Waals surface area contributed by atoms with Crippen LogP contribution in [0, 0.1) is 10.8 Å². The minimum atomic E-state index is -0.948. The van der Waals surface area contributed by atoms with Gasteiger partial charge >= 0.3 is 5.97 Å². The predicted molar refractivity (Wildman–Crippen MR) is 80.7 cm³/mol. The highest BCUT2D eigenvalue weighted by molar-refractivity contribution is 5.82. The van der Waals surface area contributed by atoms with Crippen molar-refractivity contribution in [1.82, 2.24) is 10.6 Å². The Bertz CT molecular complexity index is 391. The van der Waals surface area contributed by atoms with Gasteiger partial charge in [-0.3, -0.25) is 14.4 Å². The van der Waals surface area contributed by atoms with Crippen molar-refractivity contribution in [1.29, 1.82) is 0 Å². The van der Waals surface area contributed by atoms with Gasteiger partial charge in [0.25, 0.3) is 0 Å². The maximum atomic E-state index is 11.9. The van der Waals surface area contributed by atoms with Crippen LogP contribution in [0.15, 0.2) is 0 Å². The average Bonchev–Trinajstić information content (AvgIpc) is 2.24. The predicted octanol–water partition coefficient (Wildman–Crippen LogP) is 1.54. The van der Waals surface area contributed by atoms with Crippen molar-refractivity contribution in [3.63, 3.8) is 0 Å². The molecule has 0 bridgehead atoms. The molecule has 0 aromatic carbocycles. The maximum Gasteiger partial charge on any atom is 0.305 e. The van der Waals surface area contributed by atoms with E-state index in [2.05, 4.69) is 10.6 Å². The fourth-order valence-electron chi connectivity index (χ4n) is 1.57. The molecule has 2 amide bonds. The largest absolute Gasteiger partial charge is 0.481 e. The molecule has 6 nitrogen and oxygen atoms in total. The first-order valence-corrected chi connectivity index (χ1v) is 7.13. The van der Waals surface area contributed by atoms with Crippen molar-refractivity contribution in [2.24, 2.45) is 10.8 Å². The molecular weight excluding hydrogens is 272 g/mol. The molecule has 21 heavy (non-hydrogen) atoms. The summed E-state index contributed by atoms with van der Waals surface area (Å²) in [5, 5.41) is 14.3. The highest BCUT2D eigenvalue weighted by atomic mass is 16.4. The summed E-state index contributed by atoms with van der Waals surface area (Å²) in [5.74, 6) is -1.32. The molecule has 6 heteroatoms. The van der Waals surface area contributed by atoms with Crippen molar-refractivity contribution < 1.29 is 19.5 Å². The van der Waals surface area contributed by atoms with Gasteiger partial charge in [-0.25, -0.2) is 0 Å². The molecule has 1 atom stereocenters. The fourth-order valence-corrected chi connectivity index (χ4v) is 1.57. The molecule has 0 aliphatic heterocycles. The van der Waals surface area contributed by atoms with Crippen molar-refractivity contribution >= 4 is 17.8 Å². The minimum absolute atomic E-state index is 0.117. The number of carbonyl (C=O) groups excluding carboxylic acids is 2. The monoisotopic (exact) mass is 300 g/mol. The van der Waals surface area contributed by atoms with E-state index >= 15 is 0 Å². The molecule has 0 fully saturated rings. The summed E-state index contributed by atoms with van der Waals surface area (Å²) in [4.78, 5) is 34.4. The molecule has 0 saturated heterocycles. The Kier molecular flexibility index (Phi) is 6.86. The summed E-state index contributed by atoms with van der Waals surface area (Å²) in [5.41, 5.74) is -0.837. The highest BCUT2D eigenvalue weighted by Crippen LogP contribution is 2.22. The first kappa shape index (κ1) is 19.4. The fraction of sp³-hybridized carbons (Fsp3) is 0.800. The van der Waals surface area contributed by atoms with E-state index in [-0.39, 0.29) is 36.6 Å². The third-order valence-corrected chi connectivity index (χ3v) is 3.08. The van der Waals surface area contributed by atoms with Crippen LogP contribution in [0.2, 0.25) is 0 Å². The molecule has 0 aromatic heterocycles. The summed E-state index contributed by atoms with van der Waals surface area (Å²) >= 11 is 0. The van der Waals surface area contributed by atoms with Gasteiger partial charge in [0.2, 0.25) is 11.8 Å². The van der Waals surface area contributed by atoms with Crippen LogP contribution >= 0.6 is 0 Å². The highest BCUT2D eigenvalue weighted by Gasteiger charge is 2.28. The summed E-state index contributed by atoms with van der Waals surface area (Å²) in [7, 11) is 0. The summed E-state index contributed by atoms with van der Waals surface area (Å²) in [6, 6.07) is -0.444. The summed E-state index contributed by atoms with van der Waals surface area (Å²) in [6.07, 6.45) is 0.0115. The molecule has 0 aliphatic rings. The van der Waals surface area contributed by atoms with Gasteiger partial charge in [-0.15, -0.1) is 0 Å². The van der Waals surface area contributed by atoms with E-state index in [1.54, 1.807) is 20.8 Å². The Balaban J connectivity index is 4.34. The Hall–Kier alpha value is -1.59. The van der Waals surface area contributed by atoms with E-state index in [1.165, 1.54) is 0 Å². The van der Waals surface area contributed by atoms with E-state index in [9.17, 15) is 14.4 Å². The van der Waals surface area contributed by atoms with Gasteiger partial charge in [0, 0.05) is 24.4 Å². The van der Waals surface area contributed by atoms with Crippen LogP contribution in [0.4, 0.5) is 0 Å². The molecule has 0 radical (unpaired) electrons. The SMILES string of the molecule is CC(C)(C)C(=O)NCCC(=O)NC(CC(=O)O)C(C)(C)C. The maximum absolute atomic E-state index is 11.9. The minimum Gasteiger partial charge on any atom is -0.481 e. The quantitative estimate of drug-likeness (QED) is 0.693. The van der Waals surface area contributed by atoms with Gasteiger partial charge in [0.15, 0.2) is 0 Å². The lowest BCUT2D eigenvalue weighted by molar-refractivity contribution is -0.138. The van der Waals surface area contributed by atoms with E-state index in [0.717, 1.165) is 0 Å². The van der Waals surface area contributed by atoms with Gasteiger partial charge in [-0.2, -0.15) is 0 Å². The van der Waals surface area contributed by atoms with E-state index in [1.807, 2.05) is 20.8 Å². The van der Waals surface area contributed by atoms with Gasteiger partial charge in [0.1, 0.15) is 0 Å².